The number of hydrogen-bond donors (Lipinski definition) is 3. The van der Waals surface area contributed by atoms with Crippen molar-refractivity contribution >= 4 is 5.78 Å². The van der Waals surface area contributed by atoms with Gasteiger partial charge in [-0.25, -0.2) is 0 Å². The number of aliphatic hydroxyl groups excluding tert-OH is 1. The van der Waals surface area contributed by atoms with E-state index in [0.29, 0.717) is 11.3 Å². The number of methoxy groups -OCH3 is 2. The van der Waals surface area contributed by atoms with E-state index in [0.717, 1.165) is 0 Å². The Balaban J connectivity index is 2.07. The molecule has 0 unspecified atom stereocenters. The lowest BCUT2D eigenvalue weighted by Gasteiger charge is -2.30. The lowest BCUT2D eigenvalue weighted by molar-refractivity contribution is 0.0210. The number of phenolic OH excluding ortho intramolecular Hbond substituents is 2. The Bertz CT molecular complexity index is 800. The number of phenols is 2. The Morgan fingerprint density at radius 3 is 2.46 bits per heavy atom. The van der Waals surface area contributed by atoms with Crippen LogP contribution in [0.25, 0.3) is 0 Å². The van der Waals surface area contributed by atoms with E-state index in [2.05, 4.69) is 0 Å². The molecule has 0 saturated heterocycles. The van der Waals surface area contributed by atoms with Gasteiger partial charge in [0, 0.05) is 12.1 Å². The van der Waals surface area contributed by atoms with E-state index in [-0.39, 0.29) is 28.6 Å². The molecule has 0 aromatic heterocycles. The zero-order valence-corrected chi connectivity index (χ0v) is 13.0. The van der Waals surface area contributed by atoms with E-state index in [1.165, 1.54) is 44.6 Å². The Kier molecular flexibility index (Phi) is 3.94. The van der Waals surface area contributed by atoms with Crippen molar-refractivity contribution in [2.75, 3.05) is 14.2 Å². The van der Waals surface area contributed by atoms with Gasteiger partial charge in [-0.1, -0.05) is 6.07 Å². The topological polar surface area (TPSA) is 105 Å². The van der Waals surface area contributed by atoms with Gasteiger partial charge in [0.25, 0.3) is 0 Å². The first-order valence-corrected chi connectivity index (χ1v) is 7.13. The lowest BCUT2D eigenvalue weighted by atomic mass is 9.92. The van der Waals surface area contributed by atoms with Crippen LogP contribution in [0.2, 0.25) is 0 Å². The summed E-state index contributed by atoms with van der Waals surface area (Å²) in [5, 5.41) is 30.0. The lowest BCUT2D eigenvalue weighted by Crippen LogP contribution is -2.36. The van der Waals surface area contributed by atoms with Gasteiger partial charge in [0.05, 0.1) is 14.2 Å². The van der Waals surface area contributed by atoms with Crippen molar-refractivity contribution in [1.82, 2.24) is 0 Å². The molecular formula is C17H16O7. The van der Waals surface area contributed by atoms with Gasteiger partial charge < -0.3 is 29.5 Å². The van der Waals surface area contributed by atoms with Gasteiger partial charge in [-0.15, -0.1) is 0 Å². The predicted molar refractivity (Wildman–Crippen MR) is 83.0 cm³/mol. The van der Waals surface area contributed by atoms with Crippen LogP contribution in [-0.4, -0.2) is 41.4 Å². The largest absolute Gasteiger partial charge is 0.507 e. The van der Waals surface area contributed by atoms with Crippen LogP contribution < -0.4 is 14.2 Å². The first-order chi connectivity index (χ1) is 11.5. The predicted octanol–water partition coefficient (Wildman–Crippen LogP) is 1.79. The Morgan fingerprint density at radius 1 is 1.04 bits per heavy atom. The van der Waals surface area contributed by atoms with Crippen molar-refractivity contribution in [3.05, 3.63) is 41.5 Å². The number of aliphatic hydroxyl groups is 1. The monoisotopic (exact) mass is 332 g/mol. The van der Waals surface area contributed by atoms with Crippen molar-refractivity contribution in [3.8, 4) is 28.7 Å². The second-order valence-corrected chi connectivity index (χ2v) is 5.30. The molecule has 1 heterocycles. The maximum atomic E-state index is 12.4. The summed E-state index contributed by atoms with van der Waals surface area (Å²) in [6, 6.07) is 7.11. The SMILES string of the molecule is COc1cc(O)c2c(c1)O[C@H](c1ccc(O)c(OC)c1)[C@H](O)C2=O. The number of hydrogen-bond acceptors (Lipinski definition) is 7. The van der Waals surface area contributed by atoms with Gasteiger partial charge in [-0.3, -0.25) is 4.79 Å². The van der Waals surface area contributed by atoms with E-state index in [1.54, 1.807) is 0 Å². The van der Waals surface area contributed by atoms with E-state index in [1.807, 2.05) is 0 Å². The maximum absolute atomic E-state index is 12.4. The molecule has 2 aromatic rings. The molecule has 126 valence electrons. The fourth-order valence-corrected chi connectivity index (χ4v) is 2.64. The summed E-state index contributed by atoms with van der Waals surface area (Å²) in [5.41, 5.74) is 0.351. The molecule has 2 atom stereocenters. The molecule has 0 saturated carbocycles. The third kappa shape index (κ3) is 2.48. The molecule has 0 radical (unpaired) electrons. The molecule has 7 heteroatoms. The van der Waals surface area contributed by atoms with Crippen LogP contribution in [0.4, 0.5) is 0 Å². The van der Waals surface area contributed by atoms with Gasteiger partial charge in [-0.05, 0) is 17.7 Å². The Morgan fingerprint density at radius 2 is 1.79 bits per heavy atom. The highest BCUT2D eigenvalue weighted by Crippen LogP contribution is 2.43. The van der Waals surface area contributed by atoms with Gasteiger partial charge in [0.1, 0.15) is 22.8 Å². The molecule has 3 rings (SSSR count). The fraction of sp³-hybridized carbons (Fsp3) is 0.235. The number of carbonyl (C=O) groups excluding carboxylic acids is 1. The molecular weight excluding hydrogens is 316 g/mol. The number of ether oxygens (including phenoxy) is 3. The van der Waals surface area contributed by atoms with Gasteiger partial charge in [0.2, 0.25) is 5.78 Å². The molecule has 0 amide bonds. The van der Waals surface area contributed by atoms with Crippen molar-refractivity contribution < 1.29 is 34.3 Å². The Labute approximate surface area is 137 Å². The third-order valence-electron chi connectivity index (χ3n) is 3.88. The van der Waals surface area contributed by atoms with Crippen molar-refractivity contribution in [3.63, 3.8) is 0 Å². The number of carbonyl (C=O) groups is 1. The van der Waals surface area contributed by atoms with Crippen LogP contribution >= 0.6 is 0 Å². The minimum atomic E-state index is -1.51. The fourth-order valence-electron chi connectivity index (χ4n) is 2.64. The summed E-state index contributed by atoms with van der Waals surface area (Å²) in [6.07, 6.45) is -2.52. The van der Waals surface area contributed by atoms with Crippen molar-refractivity contribution in [2.24, 2.45) is 0 Å². The van der Waals surface area contributed by atoms with Crippen LogP contribution in [-0.2, 0) is 0 Å². The summed E-state index contributed by atoms with van der Waals surface area (Å²) in [7, 11) is 2.81. The zero-order chi connectivity index (χ0) is 17.4. The number of Topliss-reactive ketones (excluding diaryl/α,β-unsaturated/α-hetero) is 1. The number of benzene rings is 2. The summed E-state index contributed by atoms with van der Waals surface area (Å²) >= 11 is 0. The first kappa shape index (κ1) is 15.9. The van der Waals surface area contributed by atoms with Gasteiger partial charge in [0.15, 0.2) is 23.7 Å². The van der Waals surface area contributed by atoms with Gasteiger partial charge in [-0.2, -0.15) is 0 Å². The second-order valence-electron chi connectivity index (χ2n) is 5.30. The Hall–Kier alpha value is -2.93. The van der Waals surface area contributed by atoms with Gasteiger partial charge >= 0.3 is 0 Å². The highest BCUT2D eigenvalue weighted by atomic mass is 16.5. The standard InChI is InChI=1S/C17H16O7/c1-22-9-6-11(19)14-13(7-9)24-17(16(21)15(14)20)8-3-4-10(18)12(5-8)23-2/h3-7,16-19,21H,1-2H3/t16-,17-/m1/s1. The summed E-state index contributed by atoms with van der Waals surface area (Å²) in [5.74, 6) is -0.437. The van der Waals surface area contributed by atoms with Crippen LogP contribution in [0, 0.1) is 0 Å². The molecule has 0 aliphatic carbocycles. The molecule has 0 fully saturated rings. The number of rotatable bonds is 3. The number of aromatic hydroxyl groups is 2. The van der Waals surface area contributed by atoms with E-state index < -0.39 is 18.0 Å². The van der Waals surface area contributed by atoms with Crippen LogP contribution in [0.3, 0.4) is 0 Å². The quantitative estimate of drug-likeness (QED) is 0.787. The highest BCUT2D eigenvalue weighted by molar-refractivity contribution is 6.05. The average molecular weight is 332 g/mol. The molecule has 7 nitrogen and oxygen atoms in total. The number of fused-ring (bicyclic) bond motifs is 1. The number of ketones is 1. The summed E-state index contributed by atoms with van der Waals surface area (Å²) < 4.78 is 15.8. The van der Waals surface area contributed by atoms with E-state index in [9.17, 15) is 20.1 Å². The van der Waals surface area contributed by atoms with Crippen molar-refractivity contribution in [2.45, 2.75) is 12.2 Å². The molecule has 3 N–H and O–H groups in total. The van der Waals surface area contributed by atoms with Crippen LogP contribution in [0.15, 0.2) is 30.3 Å². The molecule has 24 heavy (non-hydrogen) atoms. The maximum Gasteiger partial charge on any atom is 0.202 e. The molecule has 2 aromatic carbocycles. The summed E-state index contributed by atoms with van der Waals surface area (Å²) in [6.45, 7) is 0. The summed E-state index contributed by atoms with van der Waals surface area (Å²) in [4.78, 5) is 12.4. The average Bonchev–Trinajstić information content (AvgIpc) is 2.58. The second kappa shape index (κ2) is 5.93. The van der Waals surface area contributed by atoms with E-state index >= 15 is 0 Å². The molecule has 0 bridgehead atoms. The van der Waals surface area contributed by atoms with Crippen LogP contribution in [0.5, 0.6) is 28.7 Å². The van der Waals surface area contributed by atoms with Crippen LogP contribution in [0.1, 0.15) is 22.0 Å². The zero-order valence-electron chi connectivity index (χ0n) is 13.0. The van der Waals surface area contributed by atoms with E-state index in [4.69, 9.17) is 14.2 Å². The first-order valence-electron chi connectivity index (χ1n) is 7.13. The van der Waals surface area contributed by atoms with Crippen molar-refractivity contribution in [1.29, 1.82) is 0 Å². The smallest absolute Gasteiger partial charge is 0.202 e. The highest BCUT2D eigenvalue weighted by Gasteiger charge is 2.39. The molecule has 1 aliphatic rings. The minimum absolute atomic E-state index is 0.0717. The molecule has 0 spiro atoms. The third-order valence-corrected chi connectivity index (χ3v) is 3.88. The molecule has 1 aliphatic heterocycles. The normalized spacial score (nSPS) is 19.4. The minimum Gasteiger partial charge on any atom is -0.507 e.